The Morgan fingerprint density at radius 2 is 1.21 bits per heavy atom. The van der Waals surface area contributed by atoms with E-state index in [-0.39, 0.29) is 22.0 Å². The zero-order chi connectivity index (χ0) is 22.5. The molecule has 0 aromatic heterocycles. The lowest BCUT2D eigenvalue weighted by Gasteiger charge is -2.32. The van der Waals surface area contributed by atoms with Crippen LogP contribution < -0.4 is 4.18 Å². The van der Waals surface area contributed by atoms with E-state index in [0.29, 0.717) is 4.90 Å². The van der Waals surface area contributed by atoms with Gasteiger partial charge in [0.15, 0.2) is 4.90 Å². The minimum absolute atomic E-state index is 0.124. The Hall–Kier alpha value is -1.31. The highest BCUT2D eigenvalue weighted by atomic mass is 32.2. The van der Waals surface area contributed by atoms with Crippen LogP contribution in [0, 0.1) is 13.8 Å². The molecule has 0 aliphatic rings. The van der Waals surface area contributed by atoms with E-state index in [4.69, 9.17) is 0 Å². The van der Waals surface area contributed by atoms with Gasteiger partial charge in [0, 0.05) is 10.9 Å². The molecule has 1 rings (SSSR count). The van der Waals surface area contributed by atoms with Crippen molar-refractivity contribution in [1.82, 2.24) is 0 Å². The van der Waals surface area contributed by atoms with Gasteiger partial charge < -0.3 is 4.18 Å². The standard InChI is InChI=1S/C14H14F9O3S2/c1-7-5-9(27(3)4)6-8(2)10(7)26-28(24,25)14(22,23)12(17,18)11(15,16)13(19,20)21/h5-6H,1-4H3/q+1. The first-order chi connectivity index (χ1) is 12.2. The van der Waals surface area contributed by atoms with E-state index in [0.717, 1.165) is 13.8 Å². The molecule has 0 heterocycles. The van der Waals surface area contributed by atoms with Crippen LogP contribution in [0.15, 0.2) is 17.0 Å². The van der Waals surface area contributed by atoms with Gasteiger partial charge in [0.2, 0.25) is 0 Å². The molecule has 0 fully saturated rings. The summed E-state index contributed by atoms with van der Waals surface area (Å²) in [4.78, 5) is 0.612. The minimum atomic E-state index is -7.34. The first kappa shape index (κ1) is 24.7. The van der Waals surface area contributed by atoms with Crippen molar-refractivity contribution < 1.29 is 52.1 Å². The third-order valence-electron chi connectivity index (χ3n) is 3.53. The van der Waals surface area contributed by atoms with E-state index in [1.165, 1.54) is 12.1 Å². The summed E-state index contributed by atoms with van der Waals surface area (Å²) in [7, 11) is -7.33. The maximum Gasteiger partial charge on any atom is 0.460 e. The molecule has 0 amide bonds. The SMILES string of the molecule is Cc1cc([S+](C)C)cc(C)c1OS(=O)(=O)C(F)(F)C(F)(F)C(F)(F)C(F)(F)F. The number of benzene rings is 1. The van der Waals surface area contributed by atoms with Crippen molar-refractivity contribution in [2.75, 3.05) is 12.5 Å². The third-order valence-corrected chi connectivity index (χ3v) is 5.98. The van der Waals surface area contributed by atoms with E-state index in [1.807, 2.05) is 0 Å². The molecule has 0 aliphatic carbocycles. The highest BCUT2D eigenvalue weighted by Crippen LogP contribution is 2.55. The third kappa shape index (κ3) is 3.89. The van der Waals surface area contributed by atoms with Gasteiger partial charge in [-0.15, -0.1) is 0 Å². The monoisotopic (exact) mass is 465 g/mol. The molecule has 0 saturated heterocycles. The second-order valence-corrected chi connectivity index (χ2v) is 9.60. The summed E-state index contributed by atoms with van der Waals surface area (Å²) < 4.78 is 143. The number of hydrogen-bond donors (Lipinski definition) is 0. The normalized spacial score (nSPS) is 14.5. The molecule has 162 valence electrons. The molecular formula is C14H14F9O3S2+. The number of hydrogen-bond acceptors (Lipinski definition) is 3. The summed E-state index contributed by atoms with van der Waals surface area (Å²) in [6, 6.07) is 2.56. The Morgan fingerprint density at radius 3 is 1.54 bits per heavy atom. The fourth-order valence-electron chi connectivity index (χ4n) is 1.96. The van der Waals surface area contributed by atoms with Crippen molar-refractivity contribution in [3.63, 3.8) is 0 Å². The van der Waals surface area contributed by atoms with Gasteiger partial charge in [-0.3, -0.25) is 0 Å². The highest BCUT2D eigenvalue weighted by Gasteiger charge is 2.86. The smallest absolute Gasteiger partial charge is 0.377 e. The Bertz CT molecular complexity index is 823. The van der Waals surface area contributed by atoms with Crippen LogP contribution in [-0.2, 0) is 21.0 Å². The Kier molecular flexibility index (Phi) is 6.34. The van der Waals surface area contributed by atoms with Crippen LogP contribution in [-0.4, -0.2) is 44.2 Å². The van der Waals surface area contributed by atoms with Gasteiger partial charge in [-0.2, -0.15) is 47.9 Å². The van der Waals surface area contributed by atoms with Crippen LogP contribution >= 0.6 is 0 Å². The van der Waals surface area contributed by atoms with Crippen LogP contribution in [0.1, 0.15) is 11.1 Å². The summed E-state index contributed by atoms with van der Waals surface area (Å²) in [6.45, 7) is 2.32. The molecule has 1 aromatic carbocycles. The molecule has 28 heavy (non-hydrogen) atoms. The van der Waals surface area contributed by atoms with Gasteiger partial charge in [-0.05, 0) is 37.1 Å². The van der Waals surface area contributed by atoms with E-state index in [9.17, 15) is 47.9 Å². The van der Waals surface area contributed by atoms with Gasteiger partial charge in [0.05, 0.1) is 0 Å². The van der Waals surface area contributed by atoms with Crippen molar-refractivity contribution in [3.8, 4) is 5.75 Å². The molecule has 0 radical (unpaired) electrons. The van der Waals surface area contributed by atoms with Crippen molar-refractivity contribution >= 4 is 21.0 Å². The lowest BCUT2D eigenvalue weighted by molar-refractivity contribution is -0.382. The second-order valence-electron chi connectivity index (χ2n) is 5.90. The average molecular weight is 465 g/mol. The first-order valence-electron chi connectivity index (χ1n) is 7.03. The molecule has 0 aliphatic heterocycles. The Morgan fingerprint density at radius 1 is 0.821 bits per heavy atom. The van der Waals surface area contributed by atoms with Crippen LogP contribution in [0.4, 0.5) is 39.5 Å². The lowest BCUT2D eigenvalue weighted by atomic mass is 10.1. The van der Waals surface area contributed by atoms with Crippen LogP contribution in [0.25, 0.3) is 0 Å². The van der Waals surface area contributed by atoms with Crippen molar-refractivity contribution in [1.29, 1.82) is 0 Å². The second kappa shape index (κ2) is 7.18. The first-order valence-corrected chi connectivity index (χ1v) is 10.5. The molecule has 1 aromatic rings. The predicted molar refractivity (Wildman–Crippen MR) is 83.8 cm³/mol. The van der Waals surface area contributed by atoms with Gasteiger partial charge in [0.1, 0.15) is 18.3 Å². The topological polar surface area (TPSA) is 43.4 Å². The summed E-state index contributed by atoms with van der Waals surface area (Å²) in [5.41, 5.74) is -0.247. The molecule has 0 atom stereocenters. The number of rotatable bonds is 6. The molecular weight excluding hydrogens is 451 g/mol. The Balaban J connectivity index is 3.48. The lowest BCUT2D eigenvalue weighted by Crippen LogP contribution is -2.63. The summed E-state index contributed by atoms with van der Waals surface area (Å²) in [5, 5.41) is -6.89. The highest BCUT2D eigenvalue weighted by molar-refractivity contribution is 7.95. The largest absolute Gasteiger partial charge is 0.460 e. The van der Waals surface area contributed by atoms with Gasteiger partial charge in [-0.25, -0.2) is 0 Å². The fraction of sp³-hybridized carbons (Fsp3) is 0.571. The summed E-state index contributed by atoms with van der Waals surface area (Å²) in [5.74, 6) is -15.6. The van der Waals surface area contributed by atoms with E-state index in [2.05, 4.69) is 4.18 Å². The summed E-state index contributed by atoms with van der Waals surface area (Å²) in [6.07, 6.45) is -3.64. The molecule has 0 spiro atoms. The minimum Gasteiger partial charge on any atom is -0.377 e. The van der Waals surface area contributed by atoms with Crippen molar-refractivity contribution in [2.45, 2.75) is 42.0 Å². The number of aryl methyl sites for hydroxylation is 2. The number of halogens is 9. The predicted octanol–water partition coefficient (Wildman–Crippen LogP) is 4.67. The molecule has 14 heteroatoms. The zero-order valence-electron chi connectivity index (χ0n) is 14.6. The molecule has 3 nitrogen and oxygen atoms in total. The van der Waals surface area contributed by atoms with E-state index < -0.39 is 39.1 Å². The molecule has 0 unspecified atom stereocenters. The maximum atomic E-state index is 13.7. The molecule has 0 saturated carbocycles. The molecule has 0 N–H and O–H groups in total. The summed E-state index contributed by atoms with van der Waals surface area (Å²) >= 11 is 0. The van der Waals surface area contributed by atoms with E-state index >= 15 is 0 Å². The van der Waals surface area contributed by atoms with Gasteiger partial charge >= 0.3 is 33.4 Å². The van der Waals surface area contributed by atoms with Gasteiger partial charge in [0.25, 0.3) is 0 Å². The average Bonchev–Trinajstić information content (AvgIpc) is 2.48. The van der Waals surface area contributed by atoms with Crippen molar-refractivity contribution in [3.05, 3.63) is 23.3 Å². The Labute approximate surface area is 157 Å². The number of alkyl halides is 9. The maximum absolute atomic E-state index is 13.7. The van der Waals surface area contributed by atoms with Crippen molar-refractivity contribution in [2.24, 2.45) is 0 Å². The van der Waals surface area contributed by atoms with Crippen LogP contribution in [0.3, 0.4) is 0 Å². The quantitative estimate of drug-likeness (QED) is 0.348. The van der Waals surface area contributed by atoms with Crippen LogP contribution in [0.2, 0.25) is 0 Å². The zero-order valence-corrected chi connectivity index (χ0v) is 16.2. The molecule has 0 bridgehead atoms. The van der Waals surface area contributed by atoms with E-state index in [1.54, 1.807) is 12.5 Å². The van der Waals surface area contributed by atoms with Crippen LogP contribution in [0.5, 0.6) is 5.75 Å². The fourth-order valence-corrected chi connectivity index (χ4v) is 3.81. The van der Waals surface area contributed by atoms with Gasteiger partial charge in [-0.1, -0.05) is 0 Å².